The molecule has 13 heavy (non-hydrogen) atoms. The van der Waals surface area contributed by atoms with Gasteiger partial charge in [0, 0.05) is 38.1 Å². The molecule has 2 rings (SSSR count). The third-order valence-corrected chi connectivity index (χ3v) is 1.79. The number of H-pyrrole nitrogens is 1. The van der Waals surface area contributed by atoms with Gasteiger partial charge >= 0.3 is 0 Å². The first-order chi connectivity index (χ1) is 5.97. The van der Waals surface area contributed by atoms with Crippen molar-refractivity contribution < 1.29 is 25.4 Å². The standard InChI is InChI=1S/C11H9N.Pd/c1-2-6-10(7-3-1)11-8-4-5-9-12-11;/h1-9H;/p+1. The molecule has 1 heterocycles. The van der Waals surface area contributed by atoms with E-state index in [9.17, 15) is 0 Å². The first-order valence-electron chi connectivity index (χ1n) is 3.99. The number of hydrogen-bond donors (Lipinski definition) is 0. The van der Waals surface area contributed by atoms with Crippen LogP contribution in [0.15, 0.2) is 54.7 Å². The van der Waals surface area contributed by atoms with Gasteiger partial charge in [0.25, 0.3) is 0 Å². The molecule has 0 aliphatic carbocycles. The van der Waals surface area contributed by atoms with E-state index in [1.165, 1.54) is 5.56 Å². The van der Waals surface area contributed by atoms with Gasteiger partial charge in [0.2, 0.25) is 5.69 Å². The summed E-state index contributed by atoms with van der Waals surface area (Å²) in [6.45, 7) is 0. The summed E-state index contributed by atoms with van der Waals surface area (Å²) in [7, 11) is 0. The van der Waals surface area contributed by atoms with Gasteiger partial charge in [-0.1, -0.05) is 18.2 Å². The fourth-order valence-corrected chi connectivity index (χ4v) is 1.19. The van der Waals surface area contributed by atoms with E-state index in [-0.39, 0.29) is 20.4 Å². The minimum Gasteiger partial charge on any atom is -0.211 e. The Hall–Kier alpha value is -0.968. The van der Waals surface area contributed by atoms with Crippen LogP contribution in [0.2, 0.25) is 0 Å². The monoisotopic (exact) mass is 262 g/mol. The van der Waals surface area contributed by atoms with E-state index in [4.69, 9.17) is 0 Å². The number of aromatic amines is 1. The predicted octanol–water partition coefficient (Wildman–Crippen LogP) is 2.17. The van der Waals surface area contributed by atoms with Crippen molar-refractivity contribution in [2.75, 3.05) is 0 Å². The maximum absolute atomic E-state index is 3.18. The third kappa shape index (κ3) is 2.48. The number of benzene rings is 1. The molecule has 68 valence electrons. The van der Waals surface area contributed by atoms with Crippen LogP contribution >= 0.6 is 0 Å². The summed E-state index contributed by atoms with van der Waals surface area (Å²) in [5.41, 5.74) is 2.37. The maximum atomic E-state index is 3.18. The van der Waals surface area contributed by atoms with E-state index >= 15 is 0 Å². The molecular weight excluding hydrogens is 253 g/mol. The smallest absolute Gasteiger partial charge is 0.210 e. The zero-order chi connectivity index (χ0) is 8.23. The number of hydrogen-bond acceptors (Lipinski definition) is 0. The van der Waals surface area contributed by atoms with Gasteiger partial charge in [-0.15, -0.1) is 0 Å². The number of aromatic nitrogens is 1. The van der Waals surface area contributed by atoms with E-state index in [1.807, 2.05) is 36.5 Å². The first-order valence-corrected chi connectivity index (χ1v) is 3.99. The van der Waals surface area contributed by atoms with Gasteiger partial charge in [-0.25, -0.2) is 4.98 Å². The minimum atomic E-state index is 0. The van der Waals surface area contributed by atoms with Crippen LogP contribution in [0.5, 0.6) is 0 Å². The molecule has 1 aromatic carbocycles. The molecule has 0 atom stereocenters. The Morgan fingerprint density at radius 3 is 2.08 bits per heavy atom. The number of pyridine rings is 1. The van der Waals surface area contributed by atoms with E-state index < -0.39 is 0 Å². The molecule has 2 aromatic rings. The zero-order valence-electron chi connectivity index (χ0n) is 7.01. The molecular formula is C11H10NPd+. The van der Waals surface area contributed by atoms with Gasteiger partial charge in [-0.05, 0) is 18.2 Å². The van der Waals surface area contributed by atoms with Crippen molar-refractivity contribution in [2.24, 2.45) is 0 Å². The van der Waals surface area contributed by atoms with Crippen molar-refractivity contribution >= 4 is 0 Å². The molecule has 0 radical (unpaired) electrons. The Balaban J connectivity index is 0.000000845. The first kappa shape index (κ1) is 10.1. The third-order valence-electron chi connectivity index (χ3n) is 1.79. The molecule has 0 unspecified atom stereocenters. The SMILES string of the molecule is [Pd].c1ccc(-c2cccc[nH+]2)cc1. The van der Waals surface area contributed by atoms with Crippen molar-refractivity contribution in [2.45, 2.75) is 0 Å². The quantitative estimate of drug-likeness (QED) is 0.700. The van der Waals surface area contributed by atoms with Crippen molar-refractivity contribution in [1.29, 1.82) is 0 Å². The second-order valence-corrected chi connectivity index (χ2v) is 2.64. The van der Waals surface area contributed by atoms with Gasteiger partial charge < -0.3 is 0 Å². The average molecular weight is 263 g/mol. The summed E-state index contributed by atoms with van der Waals surface area (Å²) in [6.07, 6.45) is 1.93. The Kier molecular flexibility index (Phi) is 3.82. The van der Waals surface area contributed by atoms with Crippen LogP contribution in [0.25, 0.3) is 11.3 Å². The molecule has 0 aliphatic heterocycles. The summed E-state index contributed by atoms with van der Waals surface area (Å²) < 4.78 is 0. The van der Waals surface area contributed by atoms with Gasteiger partial charge in [-0.3, -0.25) is 0 Å². The van der Waals surface area contributed by atoms with Crippen LogP contribution in [0.4, 0.5) is 0 Å². The van der Waals surface area contributed by atoms with Crippen LogP contribution in [0.1, 0.15) is 0 Å². The van der Waals surface area contributed by atoms with Gasteiger partial charge in [0.05, 0.1) is 0 Å². The van der Waals surface area contributed by atoms with Crippen LogP contribution < -0.4 is 4.98 Å². The fraction of sp³-hybridized carbons (Fsp3) is 0. The van der Waals surface area contributed by atoms with Crippen LogP contribution in [-0.2, 0) is 20.4 Å². The summed E-state index contributed by atoms with van der Waals surface area (Å²) in [5.74, 6) is 0. The van der Waals surface area contributed by atoms with Crippen LogP contribution in [0, 0.1) is 0 Å². The zero-order valence-corrected chi connectivity index (χ0v) is 8.57. The minimum absolute atomic E-state index is 0. The summed E-state index contributed by atoms with van der Waals surface area (Å²) in [4.78, 5) is 3.18. The second kappa shape index (κ2) is 4.91. The molecule has 0 saturated heterocycles. The van der Waals surface area contributed by atoms with E-state index in [2.05, 4.69) is 23.2 Å². The van der Waals surface area contributed by atoms with Crippen LogP contribution in [-0.4, -0.2) is 0 Å². The Morgan fingerprint density at radius 2 is 1.46 bits per heavy atom. The van der Waals surface area contributed by atoms with Crippen molar-refractivity contribution in [3.05, 3.63) is 54.7 Å². The second-order valence-electron chi connectivity index (χ2n) is 2.64. The molecule has 1 N–H and O–H groups in total. The summed E-state index contributed by atoms with van der Waals surface area (Å²) in [6, 6.07) is 16.3. The topological polar surface area (TPSA) is 14.1 Å². The molecule has 0 fully saturated rings. The van der Waals surface area contributed by atoms with Crippen LogP contribution in [0.3, 0.4) is 0 Å². The van der Waals surface area contributed by atoms with E-state index in [1.54, 1.807) is 0 Å². The van der Waals surface area contributed by atoms with Gasteiger partial charge in [-0.2, -0.15) is 0 Å². The van der Waals surface area contributed by atoms with Crippen molar-refractivity contribution in [3.8, 4) is 11.3 Å². The molecule has 0 spiro atoms. The molecule has 0 bridgehead atoms. The summed E-state index contributed by atoms with van der Waals surface area (Å²) in [5, 5.41) is 0. The van der Waals surface area contributed by atoms with E-state index in [0.717, 1.165) is 5.69 Å². The Labute approximate surface area is 91.5 Å². The predicted molar refractivity (Wildman–Crippen MR) is 48.4 cm³/mol. The number of rotatable bonds is 1. The molecule has 0 amide bonds. The molecule has 2 heteroatoms. The van der Waals surface area contributed by atoms with Crippen molar-refractivity contribution in [3.63, 3.8) is 0 Å². The molecule has 1 nitrogen and oxygen atoms in total. The number of nitrogens with one attached hydrogen (secondary N) is 1. The van der Waals surface area contributed by atoms with Crippen molar-refractivity contribution in [1.82, 2.24) is 0 Å². The largest absolute Gasteiger partial charge is 0.211 e. The van der Waals surface area contributed by atoms with Gasteiger partial charge in [0.1, 0.15) is 0 Å². The maximum Gasteiger partial charge on any atom is 0.210 e. The average Bonchev–Trinajstić information content (AvgIpc) is 2.21. The molecule has 0 saturated carbocycles. The summed E-state index contributed by atoms with van der Waals surface area (Å²) >= 11 is 0. The normalized spacial score (nSPS) is 8.92. The van der Waals surface area contributed by atoms with E-state index in [0.29, 0.717) is 0 Å². The fourth-order valence-electron chi connectivity index (χ4n) is 1.19. The molecule has 1 aromatic heterocycles. The van der Waals surface area contributed by atoms with Gasteiger partial charge in [0.15, 0.2) is 6.20 Å². The Morgan fingerprint density at radius 1 is 0.769 bits per heavy atom. The molecule has 0 aliphatic rings. The Bertz CT molecular complexity index is 307.